The van der Waals surface area contributed by atoms with Gasteiger partial charge in [0.15, 0.2) is 0 Å². The summed E-state index contributed by atoms with van der Waals surface area (Å²) in [7, 11) is 0. The van der Waals surface area contributed by atoms with Gasteiger partial charge in [-0.15, -0.1) is 0 Å². The summed E-state index contributed by atoms with van der Waals surface area (Å²) in [5, 5.41) is 0. The second-order valence-corrected chi connectivity index (χ2v) is 5.41. The van der Waals surface area contributed by atoms with Crippen molar-refractivity contribution >= 4 is 5.91 Å². The summed E-state index contributed by atoms with van der Waals surface area (Å²) in [6, 6.07) is 8.83. The molecule has 5 heteroatoms. The summed E-state index contributed by atoms with van der Waals surface area (Å²) in [6.45, 7) is 0.278. The Bertz CT molecular complexity index is 696. The van der Waals surface area contributed by atoms with Crippen LogP contribution in [0.1, 0.15) is 28.8 Å². The maximum absolute atomic E-state index is 13.8. The predicted octanol–water partition coefficient (Wildman–Crippen LogP) is 3.91. The lowest BCUT2D eigenvalue weighted by Crippen LogP contribution is -2.33. The molecule has 0 unspecified atom stereocenters. The Hall–Kier alpha value is -2.30. The van der Waals surface area contributed by atoms with Crippen molar-refractivity contribution < 1.29 is 18.0 Å². The molecular weight excluding hydrogens is 291 g/mol. The first kappa shape index (κ1) is 14.6. The Morgan fingerprint density at radius 1 is 1.00 bits per heavy atom. The Labute approximate surface area is 126 Å². The van der Waals surface area contributed by atoms with Crippen LogP contribution in [0.5, 0.6) is 0 Å². The second-order valence-electron chi connectivity index (χ2n) is 5.41. The van der Waals surface area contributed by atoms with Gasteiger partial charge in [0.25, 0.3) is 5.91 Å². The highest BCUT2D eigenvalue weighted by atomic mass is 19.1. The zero-order chi connectivity index (χ0) is 15.7. The van der Waals surface area contributed by atoms with Crippen LogP contribution in [0.2, 0.25) is 0 Å². The van der Waals surface area contributed by atoms with E-state index >= 15 is 0 Å². The molecule has 22 heavy (non-hydrogen) atoms. The van der Waals surface area contributed by atoms with Crippen LogP contribution in [0.15, 0.2) is 42.5 Å². The third-order valence-corrected chi connectivity index (χ3v) is 3.68. The van der Waals surface area contributed by atoms with Gasteiger partial charge in [0.2, 0.25) is 0 Å². The molecular formula is C17H14F3NO. The number of carbonyl (C=O) groups is 1. The fourth-order valence-electron chi connectivity index (χ4n) is 2.36. The third kappa shape index (κ3) is 3.13. The van der Waals surface area contributed by atoms with Crippen molar-refractivity contribution in [1.82, 2.24) is 4.90 Å². The second kappa shape index (κ2) is 5.83. The molecule has 0 spiro atoms. The molecule has 0 heterocycles. The Kier molecular flexibility index (Phi) is 3.88. The molecule has 3 rings (SSSR count). The van der Waals surface area contributed by atoms with Gasteiger partial charge in [-0.25, -0.2) is 13.2 Å². The van der Waals surface area contributed by atoms with E-state index < -0.39 is 17.5 Å². The minimum absolute atomic E-state index is 0.0574. The molecule has 2 aromatic carbocycles. The van der Waals surface area contributed by atoms with Gasteiger partial charge < -0.3 is 4.90 Å². The molecule has 2 aromatic rings. The van der Waals surface area contributed by atoms with Crippen LogP contribution < -0.4 is 0 Å². The first-order chi connectivity index (χ1) is 10.5. The van der Waals surface area contributed by atoms with Crippen molar-refractivity contribution in [3.63, 3.8) is 0 Å². The fourth-order valence-corrected chi connectivity index (χ4v) is 2.36. The predicted molar refractivity (Wildman–Crippen MR) is 75.7 cm³/mol. The van der Waals surface area contributed by atoms with Crippen LogP contribution in [0, 0.1) is 17.5 Å². The molecule has 0 atom stereocenters. The van der Waals surface area contributed by atoms with E-state index in [9.17, 15) is 18.0 Å². The normalized spacial score (nSPS) is 14.0. The maximum atomic E-state index is 13.8. The third-order valence-electron chi connectivity index (χ3n) is 3.68. The van der Waals surface area contributed by atoms with Crippen molar-refractivity contribution in [3.05, 3.63) is 71.0 Å². The molecule has 0 aliphatic heterocycles. The van der Waals surface area contributed by atoms with Crippen molar-refractivity contribution in [2.24, 2.45) is 0 Å². The standard InChI is InChI=1S/C17H14F3NO/c18-12-3-1-11(2-4-12)10-21(14-6-7-14)17(22)15-8-5-13(19)9-16(15)20/h1-5,8-9,14H,6-7,10H2. The lowest BCUT2D eigenvalue weighted by molar-refractivity contribution is 0.0725. The molecule has 0 aromatic heterocycles. The smallest absolute Gasteiger partial charge is 0.257 e. The van der Waals surface area contributed by atoms with Crippen molar-refractivity contribution in [2.45, 2.75) is 25.4 Å². The number of hydrogen-bond acceptors (Lipinski definition) is 1. The average molecular weight is 305 g/mol. The summed E-state index contributed by atoms with van der Waals surface area (Å²) in [4.78, 5) is 14.1. The van der Waals surface area contributed by atoms with Gasteiger partial charge >= 0.3 is 0 Å². The van der Waals surface area contributed by atoms with Gasteiger partial charge in [-0.3, -0.25) is 4.79 Å². The molecule has 0 bridgehead atoms. The number of amides is 1. The van der Waals surface area contributed by atoms with Crippen LogP contribution in [0.4, 0.5) is 13.2 Å². The molecule has 1 fully saturated rings. The summed E-state index contributed by atoms with van der Waals surface area (Å²) in [5.41, 5.74) is 0.625. The first-order valence-corrected chi connectivity index (χ1v) is 7.05. The molecule has 0 saturated heterocycles. The van der Waals surface area contributed by atoms with Gasteiger partial charge in [-0.05, 0) is 42.7 Å². The maximum Gasteiger partial charge on any atom is 0.257 e. The summed E-state index contributed by atoms with van der Waals surface area (Å²) in [5.74, 6) is -2.40. The molecule has 0 radical (unpaired) electrons. The molecule has 114 valence electrons. The lowest BCUT2D eigenvalue weighted by Gasteiger charge is -2.23. The Morgan fingerprint density at radius 2 is 1.64 bits per heavy atom. The van der Waals surface area contributed by atoms with Crippen molar-refractivity contribution in [3.8, 4) is 0 Å². The summed E-state index contributed by atoms with van der Waals surface area (Å²) < 4.78 is 39.7. The quantitative estimate of drug-likeness (QED) is 0.838. The summed E-state index contributed by atoms with van der Waals surface area (Å²) in [6.07, 6.45) is 1.71. The van der Waals surface area contributed by atoms with Crippen LogP contribution in [0.3, 0.4) is 0 Å². The number of rotatable bonds is 4. The van der Waals surface area contributed by atoms with E-state index in [1.807, 2.05) is 0 Å². The van der Waals surface area contributed by atoms with E-state index in [0.29, 0.717) is 6.07 Å². The Morgan fingerprint density at radius 3 is 2.23 bits per heavy atom. The lowest BCUT2D eigenvalue weighted by atomic mass is 10.1. The number of carbonyl (C=O) groups excluding carboxylic acids is 1. The van der Waals surface area contributed by atoms with Crippen LogP contribution in [-0.2, 0) is 6.54 Å². The number of nitrogens with zero attached hydrogens (tertiary/aromatic N) is 1. The minimum atomic E-state index is -0.866. The highest BCUT2D eigenvalue weighted by Gasteiger charge is 2.34. The van der Waals surface area contributed by atoms with Crippen LogP contribution >= 0.6 is 0 Å². The average Bonchev–Trinajstić information content (AvgIpc) is 3.30. The molecule has 1 aliphatic rings. The van der Waals surface area contributed by atoms with Gasteiger partial charge in [0.05, 0.1) is 5.56 Å². The zero-order valence-electron chi connectivity index (χ0n) is 11.7. The van der Waals surface area contributed by atoms with Gasteiger partial charge in [0.1, 0.15) is 17.5 Å². The molecule has 0 N–H and O–H groups in total. The number of hydrogen-bond donors (Lipinski definition) is 0. The Balaban J connectivity index is 1.84. The molecule has 1 saturated carbocycles. The SMILES string of the molecule is O=C(c1ccc(F)cc1F)N(Cc1ccc(F)cc1)C1CC1. The van der Waals surface area contributed by atoms with Crippen LogP contribution in [0.25, 0.3) is 0 Å². The van der Waals surface area contributed by atoms with Gasteiger partial charge in [-0.1, -0.05) is 12.1 Å². The molecule has 2 nitrogen and oxygen atoms in total. The largest absolute Gasteiger partial charge is 0.331 e. The van der Waals surface area contributed by atoms with Gasteiger partial charge in [-0.2, -0.15) is 0 Å². The number of benzene rings is 2. The van der Waals surface area contributed by atoms with E-state index in [1.54, 1.807) is 17.0 Å². The van der Waals surface area contributed by atoms with E-state index in [4.69, 9.17) is 0 Å². The number of halogens is 3. The van der Waals surface area contributed by atoms with Crippen molar-refractivity contribution in [1.29, 1.82) is 0 Å². The highest BCUT2D eigenvalue weighted by molar-refractivity contribution is 5.94. The minimum Gasteiger partial charge on any atom is -0.331 e. The highest BCUT2D eigenvalue weighted by Crippen LogP contribution is 2.30. The van der Waals surface area contributed by atoms with Crippen molar-refractivity contribution in [2.75, 3.05) is 0 Å². The molecule has 1 aliphatic carbocycles. The van der Waals surface area contributed by atoms with E-state index in [2.05, 4.69) is 0 Å². The monoisotopic (exact) mass is 305 g/mol. The van der Waals surface area contributed by atoms with E-state index in [1.165, 1.54) is 12.1 Å². The summed E-state index contributed by atoms with van der Waals surface area (Å²) >= 11 is 0. The first-order valence-electron chi connectivity index (χ1n) is 7.05. The van der Waals surface area contributed by atoms with E-state index in [0.717, 1.165) is 30.5 Å². The van der Waals surface area contributed by atoms with Crippen LogP contribution in [-0.4, -0.2) is 16.8 Å². The van der Waals surface area contributed by atoms with E-state index in [-0.39, 0.29) is 24.0 Å². The fraction of sp³-hybridized carbons (Fsp3) is 0.235. The zero-order valence-corrected chi connectivity index (χ0v) is 11.7. The van der Waals surface area contributed by atoms with Gasteiger partial charge in [0, 0.05) is 18.7 Å². The topological polar surface area (TPSA) is 20.3 Å². The molecule has 1 amide bonds.